The van der Waals surface area contributed by atoms with E-state index in [-0.39, 0.29) is 23.2 Å². The molecule has 2 aromatic rings. The molecule has 0 bridgehead atoms. The summed E-state index contributed by atoms with van der Waals surface area (Å²) in [6.45, 7) is 4.17. The van der Waals surface area contributed by atoms with Gasteiger partial charge in [-0.05, 0) is 48.7 Å². The molecule has 4 nitrogen and oxygen atoms in total. The van der Waals surface area contributed by atoms with E-state index in [0.717, 1.165) is 16.7 Å². The van der Waals surface area contributed by atoms with E-state index in [4.69, 9.17) is 0 Å². The molecule has 1 aliphatic heterocycles. The molecule has 136 valence electrons. The Kier molecular flexibility index (Phi) is 6.06. The summed E-state index contributed by atoms with van der Waals surface area (Å²) < 4.78 is 13.4. The lowest BCUT2D eigenvalue weighted by atomic mass is 9.98. The van der Waals surface area contributed by atoms with Gasteiger partial charge in [-0.3, -0.25) is 9.98 Å². The van der Waals surface area contributed by atoms with Gasteiger partial charge in [0.1, 0.15) is 5.82 Å². The Bertz CT molecular complexity index is 776. The van der Waals surface area contributed by atoms with Gasteiger partial charge in [-0.1, -0.05) is 18.2 Å². The van der Waals surface area contributed by atoms with Crippen molar-refractivity contribution in [2.75, 3.05) is 7.05 Å². The fourth-order valence-corrected chi connectivity index (χ4v) is 4.21. The van der Waals surface area contributed by atoms with Gasteiger partial charge in [0.2, 0.25) is 0 Å². The molecule has 1 aliphatic rings. The van der Waals surface area contributed by atoms with Gasteiger partial charge in [-0.2, -0.15) is 0 Å². The average Bonchev–Trinajstić information content (AvgIpc) is 3.09. The molecule has 0 saturated carbocycles. The second kappa shape index (κ2) is 8.47. The number of nitrogens with zero attached hydrogens (tertiary/aromatic N) is 3. The van der Waals surface area contributed by atoms with Gasteiger partial charge in [0.15, 0.2) is 0 Å². The van der Waals surface area contributed by atoms with Gasteiger partial charge in [-0.15, -0.1) is 11.8 Å². The maximum atomic E-state index is 13.4. The minimum atomic E-state index is -0.228. The lowest BCUT2D eigenvalue weighted by Crippen LogP contribution is -2.41. The van der Waals surface area contributed by atoms with Crippen LogP contribution in [0.5, 0.6) is 0 Å². The van der Waals surface area contributed by atoms with Crippen molar-refractivity contribution in [2.45, 2.75) is 31.2 Å². The van der Waals surface area contributed by atoms with Crippen molar-refractivity contribution >= 4 is 22.9 Å². The van der Waals surface area contributed by atoms with E-state index in [9.17, 15) is 4.39 Å². The highest BCUT2D eigenvalue weighted by Gasteiger charge is 2.34. The number of nitrogens with one attached hydrogen (secondary N) is 1. The molecule has 2 heterocycles. The Hall–Kier alpha value is -2.18. The fraction of sp³-hybridized carbons (Fsp3) is 0.300. The van der Waals surface area contributed by atoms with E-state index in [0.29, 0.717) is 0 Å². The number of pyridine rings is 1. The minimum absolute atomic E-state index is 0.00900. The molecule has 1 aromatic carbocycles. The third-order valence-corrected chi connectivity index (χ3v) is 5.73. The van der Waals surface area contributed by atoms with Crippen LogP contribution in [0.4, 0.5) is 4.39 Å². The molecule has 0 amide bonds. The lowest BCUT2D eigenvalue weighted by Gasteiger charge is -2.35. The number of aliphatic imine (C=N–C) groups is 1. The van der Waals surface area contributed by atoms with E-state index in [1.807, 2.05) is 43.1 Å². The number of rotatable bonds is 6. The van der Waals surface area contributed by atoms with Crippen LogP contribution in [0.15, 0.2) is 60.0 Å². The number of hydrogen-bond acceptors (Lipinski definition) is 5. The van der Waals surface area contributed by atoms with Crippen LogP contribution in [0.3, 0.4) is 0 Å². The van der Waals surface area contributed by atoms with Crippen molar-refractivity contribution in [3.63, 3.8) is 0 Å². The number of benzene rings is 1. The van der Waals surface area contributed by atoms with Crippen molar-refractivity contribution in [3.8, 4) is 0 Å². The zero-order chi connectivity index (χ0) is 18.5. The third kappa shape index (κ3) is 4.14. The van der Waals surface area contributed by atoms with Crippen LogP contribution in [0, 0.1) is 5.82 Å². The maximum absolute atomic E-state index is 13.4. The number of hydrazine groups is 1. The maximum Gasteiger partial charge on any atom is 0.123 e. The van der Waals surface area contributed by atoms with Crippen LogP contribution >= 0.6 is 11.8 Å². The fourth-order valence-electron chi connectivity index (χ4n) is 3.07. The molecular weight excluding hydrogens is 347 g/mol. The summed E-state index contributed by atoms with van der Waals surface area (Å²) in [7, 11) is 1.90. The predicted molar refractivity (Wildman–Crippen MR) is 107 cm³/mol. The first kappa shape index (κ1) is 18.6. The summed E-state index contributed by atoms with van der Waals surface area (Å²) in [5.41, 5.74) is 8.41. The summed E-state index contributed by atoms with van der Waals surface area (Å²) in [6.07, 6.45) is 5.70. The monoisotopic (exact) mass is 370 g/mol. The van der Waals surface area contributed by atoms with E-state index in [1.165, 1.54) is 12.1 Å². The van der Waals surface area contributed by atoms with Crippen LogP contribution in [-0.4, -0.2) is 33.9 Å². The number of halogens is 1. The molecule has 3 atom stereocenters. The quantitative estimate of drug-likeness (QED) is 0.770. The van der Waals surface area contributed by atoms with Gasteiger partial charge in [-0.25, -0.2) is 9.82 Å². The van der Waals surface area contributed by atoms with Crippen LogP contribution in [0.25, 0.3) is 5.57 Å². The number of aromatic nitrogens is 1. The van der Waals surface area contributed by atoms with E-state index >= 15 is 0 Å². The SMILES string of the molecule is CNN(/C=C(\C)c1cccnc1)C(c1ccc(F)cc1)C1SC=NC1C. The number of hydrogen-bond donors (Lipinski definition) is 1. The molecule has 26 heavy (non-hydrogen) atoms. The molecule has 3 unspecified atom stereocenters. The number of allylic oxidation sites excluding steroid dienone is 1. The van der Waals surface area contributed by atoms with Crippen LogP contribution in [0.1, 0.15) is 31.0 Å². The van der Waals surface area contributed by atoms with E-state index in [1.54, 1.807) is 18.0 Å². The summed E-state index contributed by atoms with van der Waals surface area (Å²) in [4.78, 5) is 8.71. The molecule has 3 rings (SSSR count). The molecule has 6 heteroatoms. The minimum Gasteiger partial charge on any atom is -0.307 e. The van der Waals surface area contributed by atoms with Gasteiger partial charge >= 0.3 is 0 Å². The normalized spacial score (nSPS) is 21.0. The zero-order valence-corrected chi connectivity index (χ0v) is 15.9. The second-order valence-electron chi connectivity index (χ2n) is 6.28. The molecule has 0 spiro atoms. The third-order valence-electron chi connectivity index (χ3n) is 4.52. The molecule has 0 radical (unpaired) electrons. The standard InChI is InChI=1S/C20H23FN4S/c1-14(17-5-4-10-23-11-17)12-25(22-3)19(20-15(2)24-13-26-20)16-6-8-18(21)9-7-16/h4-13,15,19-20,22H,1-3H3/b14-12+. The predicted octanol–water partition coefficient (Wildman–Crippen LogP) is 4.29. The highest BCUT2D eigenvalue weighted by molar-refractivity contribution is 8.13. The van der Waals surface area contributed by atoms with Crippen molar-refractivity contribution in [2.24, 2.45) is 4.99 Å². The van der Waals surface area contributed by atoms with Crippen molar-refractivity contribution < 1.29 is 4.39 Å². The molecule has 0 fully saturated rings. The summed E-state index contributed by atoms with van der Waals surface area (Å²) >= 11 is 1.72. The largest absolute Gasteiger partial charge is 0.307 e. The van der Waals surface area contributed by atoms with Gasteiger partial charge < -0.3 is 5.01 Å². The summed E-state index contributed by atoms with van der Waals surface area (Å²) in [5, 5.41) is 2.31. The molecule has 0 saturated heterocycles. The second-order valence-corrected chi connectivity index (χ2v) is 7.30. The highest BCUT2D eigenvalue weighted by Crippen LogP contribution is 2.37. The Morgan fingerprint density at radius 3 is 2.65 bits per heavy atom. The first-order chi connectivity index (χ1) is 12.6. The van der Waals surface area contributed by atoms with Crippen molar-refractivity contribution in [3.05, 3.63) is 71.9 Å². The van der Waals surface area contributed by atoms with Crippen LogP contribution in [0.2, 0.25) is 0 Å². The van der Waals surface area contributed by atoms with E-state index in [2.05, 4.69) is 40.5 Å². The van der Waals surface area contributed by atoms with Crippen LogP contribution in [-0.2, 0) is 0 Å². The molecule has 1 N–H and O–H groups in total. The zero-order valence-electron chi connectivity index (χ0n) is 15.1. The molecular formula is C20H23FN4S. The Labute approximate surface area is 158 Å². The highest BCUT2D eigenvalue weighted by atomic mass is 32.2. The Morgan fingerprint density at radius 2 is 2.08 bits per heavy atom. The summed E-state index contributed by atoms with van der Waals surface area (Å²) in [6, 6.07) is 10.9. The van der Waals surface area contributed by atoms with Gasteiger partial charge in [0.05, 0.1) is 22.9 Å². The molecule has 1 aromatic heterocycles. The first-order valence-electron chi connectivity index (χ1n) is 8.57. The molecule has 0 aliphatic carbocycles. The van der Waals surface area contributed by atoms with Crippen molar-refractivity contribution in [1.82, 2.24) is 15.4 Å². The average molecular weight is 370 g/mol. The smallest absolute Gasteiger partial charge is 0.123 e. The Balaban J connectivity index is 1.97. The number of thioether (sulfide) groups is 1. The first-order valence-corrected chi connectivity index (χ1v) is 9.51. The van der Waals surface area contributed by atoms with Gasteiger partial charge in [0, 0.05) is 25.6 Å². The van der Waals surface area contributed by atoms with Gasteiger partial charge in [0.25, 0.3) is 0 Å². The summed E-state index contributed by atoms with van der Waals surface area (Å²) in [5.74, 6) is -0.228. The Morgan fingerprint density at radius 1 is 1.31 bits per heavy atom. The van der Waals surface area contributed by atoms with E-state index < -0.39 is 0 Å². The topological polar surface area (TPSA) is 40.5 Å². The van der Waals surface area contributed by atoms with Crippen LogP contribution < -0.4 is 5.43 Å². The lowest BCUT2D eigenvalue weighted by molar-refractivity contribution is 0.206. The van der Waals surface area contributed by atoms with Crippen molar-refractivity contribution in [1.29, 1.82) is 0 Å².